The van der Waals surface area contributed by atoms with Gasteiger partial charge >= 0.3 is 0 Å². The van der Waals surface area contributed by atoms with Gasteiger partial charge in [0, 0.05) is 10.4 Å². The smallest absolute Gasteiger partial charge is 0.285 e. The molecule has 3 aromatic carbocycles. The average molecular weight is 511 g/mol. The summed E-state index contributed by atoms with van der Waals surface area (Å²) in [6.07, 6.45) is 1.77. The highest BCUT2D eigenvalue weighted by molar-refractivity contribution is 7.92. The molecule has 0 radical (unpaired) electrons. The maximum Gasteiger partial charge on any atom is 0.285 e. The van der Waals surface area contributed by atoms with Crippen molar-refractivity contribution in [2.24, 2.45) is 10.2 Å². The Morgan fingerprint density at radius 3 is 2.40 bits per heavy atom. The highest BCUT2D eigenvalue weighted by Gasteiger charge is 2.27. The highest BCUT2D eigenvalue weighted by atomic mass is 35.5. The van der Waals surface area contributed by atoms with Crippen LogP contribution in [0.3, 0.4) is 0 Å². The van der Waals surface area contributed by atoms with Crippen molar-refractivity contribution in [3.63, 3.8) is 0 Å². The lowest BCUT2D eigenvalue weighted by Gasteiger charge is -2.23. The zero-order valence-electron chi connectivity index (χ0n) is 18.8. The Balaban J connectivity index is 1.65. The van der Waals surface area contributed by atoms with Gasteiger partial charge in [0.1, 0.15) is 6.54 Å². The Labute approximate surface area is 207 Å². The van der Waals surface area contributed by atoms with Gasteiger partial charge in [-0.2, -0.15) is 0 Å². The molecule has 1 amide bonds. The first-order valence-electron chi connectivity index (χ1n) is 10.9. The summed E-state index contributed by atoms with van der Waals surface area (Å²) in [4.78, 5) is 15.6. The maximum atomic E-state index is 13.5. The van der Waals surface area contributed by atoms with Gasteiger partial charge in [-0.05, 0) is 54.4 Å². The Hall–Kier alpha value is -3.69. The van der Waals surface area contributed by atoms with E-state index in [9.17, 15) is 18.3 Å². The van der Waals surface area contributed by atoms with Gasteiger partial charge in [-0.15, -0.1) is 10.2 Å². The van der Waals surface area contributed by atoms with Crippen LogP contribution in [0.1, 0.15) is 18.9 Å². The molecule has 8 nitrogen and oxygen atoms in total. The first kappa shape index (κ1) is 24.4. The molecule has 0 aliphatic carbocycles. The number of anilines is 1. The van der Waals surface area contributed by atoms with Crippen LogP contribution >= 0.6 is 11.6 Å². The van der Waals surface area contributed by atoms with Gasteiger partial charge in [0.05, 0.1) is 16.1 Å². The first-order chi connectivity index (χ1) is 16.8. The molecule has 1 aromatic heterocycles. The molecule has 0 unspecified atom stereocenters. The number of carbonyl (C=O) groups excluding carboxylic acids is 1. The summed E-state index contributed by atoms with van der Waals surface area (Å²) < 4.78 is 28.0. The van der Waals surface area contributed by atoms with Crippen LogP contribution in [0.5, 0.6) is 5.88 Å². The number of carbonyl (C=O) groups is 1. The Bertz CT molecular complexity index is 1480. The molecule has 0 aliphatic rings. The predicted octanol–water partition coefficient (Wildman–Crippen LogP) is 5.99. The predicted molar refractivity (Wildman–Crippen MR) is 136 cm³/mol. The number of aromatic nitrogens is 1. The van der Waals surface area contributed by atoms with Crippen molar-refractivity contribution in [1.29, 1.82) is 0 Å². The Morgan fingerprint density at radius 1 is 1.03 bits per heavy atom. The van der Waals surface area contributed by atoms with Crippen LogP contribution < -0.4 is 4.31 Å². The van der Waals surface area contributed by atoms with Crippen LogP contribution in [0.2, 0.25) is 5.02 Å². The number of fused-ring (bicyclic) bond motifs is 1. The molecular weight excluding hydrogens is 488 g/mol. The summed E-state index contributed by atoms with van der Waals surface area (Å²) in [6.45, 7) is 1.45. The molecule has 0 fully saturated rings. The lowest BCUT2D eigenvalue weighted by Crippen LogP contribution is -2.35. The largest absolute Gasteiger partial charge is 0.493 e. The molecule has 0 bridgehead atoms. The molecule has 4 aromatic rings. The number of sulfonamides is 1. The molecule has 10 heteroatoms. The summed E-state index contributed by atoms with van der Waals surface area (Å²) in [5.41, 5.74) is 2.00. The highest BCUT2D eigenvalue weighted by Crippen LogP contribution is 2.35. The standard InChI is InChI=1S/C25H23ClN4O4S/c1-2-5-17-8-14-20(15-9-17)35(33,34)30(19-12-10-18(26)11-13-19)16-23(31)28-29-24-21-6-3-4-7-22(21)27-25(24)32/h3-4,6-15,27,32H,2,5,16H2,1H3. The number of halogens is 1. The minimum atomic E-state index is -4.10. The molecule has 0 spiro atoms. The molecule has 0 aliphatic heterocycles. The van der Waals surface area contributed by atoms with Crippen LogP contribution in [0.4, 0.5) is 11.4 Å². The number of para-hydroxylation sites is 1. The SMILES string of the molecule is CCCc1ccc(S(=O)(=O)N(CC(=O)N=Nc2c(O)[nH]c3ccccc23)c2ccc(Cl)cc2)cc1. The van der Waals surface area contributed by atoms with Crippen molar-refractivity contribution < 1.29 is 18.3 Å². The van der Waals surface area contributed by atoms with E-state index in [1.54, 1.807) is 48.5 Å². The normalized spacial score (nSPS) is 11.8. The number of aryl methyl sites for hydroxylation is 1. The average Bonchev–Trinajstić information content (AvgIpc) is 3.17. The number of nitrogens with zero attached hydrogens (tertiary/aromatic N) is 3. The topological polar surface area (TPSA) is 115 Å². The van der Waals surface area contributed by atoms with Crippen molar-refractivity contribution in [3.05, 3.63) is 83.4 Å². The molecule has 35 heavy (non-hydrogen) atoms. The number of benzene rings is 3. The summed E-state index contributed by atoms with van der Waals surface area (Å²) in [5.74, 6) is -1.05. The number of amides is 1. The van der Waals surface area contributed by atoms with Crippen molar-refractivity contribution >= 4 is 49.8 Å². The number of aromatic amines is 1. The quantitative estimate of drug-likeness (QED) is 0.283. The number of rotatable bonds is 8. The maximum absolute atomic E-state index is 13.5. The van der Waals surface area contributed by atoms with Gasteiger partial charge in [0.15, 0.2) is 5.69 Å². The monoisotopic (exact) mass is 510 g/mol. The Kier molecular flexibility index (Phi) is 7.18. The zero-order chi connectivity index (χ0) is 25.0. The van der Waals surface area contributed by atoms with Gasteiger partial charge in [-0.3, -0.25) is 9.10 Å². The molecule has 4 rings (SSSR count). The van der Waals surface area contributed by atoms with Crippen molar-refractivity contribution in [2.75, 3.05) is 10.8 Å². The van der Waals surface area contributed by atoms with Crippen LogP contribution in [-0.4, -0.2) is 31.0 Å². The Morgan fingerprint density at radius 2 is 1.71 bits per heavy atom. The van der Waals surface area contributed by atoms with Crippen LogP contribution in [0.15, 0.2) is 87.9 Å². The molecule has 0 saturated carbocycles. The summed E-state index contributed by atoms with van der Waals surface area (Å²) in [6, 6.07) is 19.7. The third-order valence-electron chi connectivity index (χ3n) is 5.36. The van der Waals surface area contributed by atoms with Crippen molar-refractivity contribution in [1.82, 2.24) is 4.98 Å². The number of nitrogens with one attached hydrogen (secondary N) is 1. The molecule has 2 N–H and O–H groups in total. The molecule has 0 atom stereocenters. The van der Waals surface area contributed by atoms with E-state index in [-0.39, 0.29) is 22.2 Å². The van der Waals surface area contributed by atoms with E-state index < -0.39 is 22.5 Å². The zero-order valence-corrected chi connectivity index (χ0v) is 20.4. The summed E-state index contributed by atoms with van der Waals surface area (Å²) in [7, 11) is -4.10. The number of azo groups is 1. The van der Waals surface area contributed by atoms with Crippen molar-refractivity contribution in [3.8, 4) is 5.88 Å². The fourth-order valence-electron chi connectivity index (χ4n) is 3.64. The third kappa shape index (κ3) is 5.36. The second-order valence-corrected chi connectivity index (χ2v) is 10.1. The van der Waals surface area contributed by atoms with E-state index in [4.69, 9.17) is 11.6 Å². The number of hydrogen-bond donors (Lipinski definition) is 2. The minimum Gasteiger partial charge on any atom is -0.493 e. The van der Waals surface area contributed by atoms with E-state index in [1.165, 1.54) is 24.3 Å². The number of hydrogen-bond acceptors (Lipinski definition) is 5. The van der Waals surface area contributed by atoms with E-state index in [1.807, 2.05) is 6.92 Å². The van der Waals surface area contributed by atoms with E-state index in [2.05, 4.69) is 15.2 Å². The van der Waals surface area contributed by atoms with Gasteiger partial charge in [0.2, 0.25) is 5.88 Å². The fourth-order valence-corrected chi connectivity index (χ4v) is 5.18. The summed E-state index contributed by atoms with van der Waals surface area (Å²) >= 11 is 5.97. The minimum absolute atomic E-state index is 0.0475. The van der Waals surface area contributed by atoms with Gasteiger partial charge in [-0.25, -0.2) is 8.42 Å². The van der Waals surface area contributed by atoms with E-state index in [0.29, 0.717) is 15.9 Å². The fraction of sp³-hybridized carbons (Fsp3) is 0.160. The number of H-pyrrole nitrogens is 1. The van der Waals surface area contributed by atoms with E-state index >= 15 is 0 Å². The van der Waals surface area contributed by atoms with Crippen LogP contribution in [0, 0.1) is 0 Å². The third-order valence-corrected chi connectivity index (χ3v) is 7.40. The van der Waals surface area contributed by atoms with Gasteiger partial charge < -0.3 is 10.1 Å². The lowest BCUT2D eigenvalue weighted by molar-refractivity contribution is -0.116. The second kappa shape index (κ2) is 10.3. The van der Waals surface area contributed by atoms with Crippen LogP contribution in [-0.2, 0) is 21.2 Å². The van der Waals surface area contributed by atoms with Crippen molar-refractivity contribution in [2.45, 2.75) is 24.7 Å². The molecular formula is C25H23ClN4O4S. The van der Waals surface area contributed by atoms with E-state index in [0.717, 1.165) is 22.7 Å². The lowest BCUT2D eigenvalue weighted by atomic mass is 10.1. The molecule has 0 saturated heterocycles. The molecule has 180 valence electrons. The summed E-state index contributed by atoms with van der Waals surface area (Å²) in [5, 5.41) is 18.7. The van der Waals surface area contributed by atoms with Gasteiger partial charge in [-0.1, -0.05) is 55.3 Å². The van der Waals surface area contributed by atoms with Crippen LogP contribution in [0.25, 0.3) is 10.9 Å². The van der Waals surface area contributed by atoms with Gasteiger partial charge in [0.25, 0.3) is 15.9 Å². The second-order valence-electron chi connectivity index (χ2n) is 7.84. The molecule has 1 heterocycles. The first-order valence-corrected chi connectivity index (χ1v) is 12.7. The number of aromatic hydroxyl groups is 1.